The van der Waals surface area contributed by atoms with Crippen LogP contribution in [0.25, 0.3) is 0 Å². The molecule has 0 radical (unpaired) electrons. The number of imide groups is 2. The molecule has 5 amide bonds. The van der Waals surface area contributed by atoms with E-state index < -0.39 is 34.7 Å². The quantitative estimate of drug-likeness (QED) is 0.708. The number of rotatable bonds is 2. The van der Waals surface area contributed by atoms with E-state index in [0.717, 1.165) is 24.2 Å². The molecule has 3 N–H and O–H groups in total. The number of nitrogens with one attached hydrogen (secondary N) is 1. The molecule has 1 saturated carbocycles. The van der Waals surface area contributed by atoms with Gasteiger partial charge in [-0.1, -0.05) is 19.3 Å². The normalized spacial score (nSPS) is 22.9. The maximum atomic E-state index is 12.7. The third kappa shape index (κ3) is 1.88. The zero-order valence-corrected chi connectivity index (χ0v) is 11.7. The summed E-state index contributed by atoms with van der Waals surface area (Å²) in [5, 5.41) is 2.20. The van der Waals surface area contributed by atoms with E-state index in [0.29, 0.717) is 12.8 Å². The lowest BCUT2D eigenvalue weighted by Gasteiger charge is -2.45. The van der Waals surface area contributed by atoms with Crippen molar-refractivity contribution in [2.24, 2.45) is 11.1 Å². The second-order valence-electron chi connectivity index (χ2n) is 5.97. The Bertz CT molecular complexity index is 492. The highest BCUT2D eigenvalue weighted by Gasteiger charge is 2.57. The van der Waals surface area contributed by atoms with Gasteiger partial charge in [-0.05, 0) is 26.7 Å². The standard InChI is InChI=1S/C13H19N3O4/c1-12(2,8(14)17)16-10(19)13(6-4-3-5-7-13)9(18)15-11(16)20/h3-7H2,1-2H3,(H2,14,17)(H,15,18,20). The molecule has 0 atom stereocenters. The maximum Gasteiger partial charge on any atom is 0.331 e. The molecule has 2 fully saturated rings. The molecule has 0 unspecified atom stereocenters. The number of barbiturate groups is 1. The van der Waals surface area contributed by atoms with Crippen LogP contribution in [0.1, 0.15) is 46.0 Å². The average molecular weight is 281 g/mol. The fourth-order valence-corrected chi connectivity index (χ4v) is 2.89. The Morgan fingerprint density at radius 3 is 2.25 bits per heavy atom. The second kappa shape index (κ2) is 4.57. The Labute approximate surface area is 116 Å². The van der Waals surface area contributed by atoms with Crippen LogP contribution in [0.4, 0.5) is 4.79 Å². The monoisotopic (exact) mass is 281 g/mol. The van der Waals surface area contributed by atoms with Crippen LogP contribution < -0.4 is 11.1 Å². The van der Waals surface area contributed by atoms with E-state index in [4.69, 9.17) is 5.73 Å². The number of carbonyl (C=O) groups is 4. The average Bonchev–Trinajstić information content (AvgIpc) is 2.37. The fraction of sp³-hybridized carbons (Fsp3) is 0.692. The summed E-state index contributed by atoms with van der Waals surface area (Å²) < 4.78 is 0. The number of nitrogens with two attached hydrogens (primary N) is 1. The van der Waals surface area contributed by atoms with Crippen LogP contribution in [0, 0.1) is 5.41 Å². The van der Waals surface area contributed by atoms with E-state index in [9.17, 15) is 19.2 Å². The minimum atomic E-state index is -1.47. The molecule has 1 saturated heterocycles. The van der Waals surface area contributed by atoms with Gasteiger partial charge in [0.25, 0.3) is 0 Å². The summed E-state index contributed by atoms with van der Waals surface area (Å²) in [6, 6.07) is -0.875. The van der Waals surface area contributed by atoms with Crippen molar-refractivity contribution in [2.45, 2.75) is 51.5 Å². The van der Waals surface area contributed by atoms with Crippen molar-refractivity contribution >= 4 is 23.8 Å². The molecule has 2 aliphatic rings. The summed E-state index contributed by atoms with van der Waals surface area (Å²) in [5.41, 5.74) is 2.59. The van der Waals surface area contributed by atoms with Crippen molar-refractivity contribution in [3.63, 3.8) is 0 Å². The van der Waals surface area contributed by atoms with Crippen molar-refractivity contribution in [1.29, 1.82) is 0 Å². The Morgan fingerprint density at radius 2 is 1.75 bits per heavy atom. The summed E-state index contributed by atoms with van der Waals surface area (Å²) in [5.74, 6) is -1.94. The first-order valence-corrected chi connectivity index (χ1v) is 6.73. The van der Waals surface area contributed by atoms with Crippen LogP contribution in [0.5, 0.6) is 0 Å². The van der Waals surface area contributed by atoms with E-state index >= 15 is 0 Å². The molecule has 7 heteroatoms. The SMILES string of the molecule is CC(C)(C(N)=O)N1C(=O)NC(=O)C2(CCCCC2)C1=O. The minimum absolute atomic E-state index is 0.399. The van der Waals surface area contributed by atoms with Crippen LogP contribution in [0.2, 0.25) is 0 Å². The molecule has 0 aromatic heterocycles. The van der Waals surface area contributed by atoms with Gasteiger partial charge in [0, 0.05) is 0 Å². The predicted octanol–water partition coefficient (Wildman–Crippen LogP) is 0.279. The summed E-state index contributed by atoms with van der Waals surface area (Å²) in [6.45, 7) is 2.80. The lowest BCUT2D eigenvalue weighted by molar-refractivity contribution is -0.160. The third-order valence-corrected chi connectivity index (χ3v) is 4.34. The smallest absolute Gasteiger partial charge is 0.331 e. The molecule has 110 valence electrons. The first-order valence-electron chi connectivity index (χ1n) is 6.73. The Balaban J connectivity index is 2.44. The Morgan fingerprint density at radius 1 is 1.20 bits per heavy atom. The first-order chi connectivity index (χ1) is 9.23. The van der Waals surface area contributed by atoms with E-state index in [2.05, 4.69) is 5.32 Å². The van der Waals surface area contributed by atoms with E-state index in [-0.39, 0.29) is 0 Å². The van der Waals surface area contributed by atoms with E-state index in [1.54, 1.807) is 0 Å². The van der Waals surface area contributed by atoms with Gasteiger partial charge in [-0.2, -0.15) is 0 Å². The largest absolute Gasteiger partial charge is 0.368 e. The van der Waals surface area contributed by atoms with Gasteiger partial charge in [-0.15, -0.1) is 0 Å². The summed E-state index contributed by atoms with van der Waals surface area (Å²) in [4.78, 5) is 49.1. The number of nitrogens with zero attached hydrogens (tertiary/aromatic N) is 1. The van der Waals surface area contributed by atoms with Crippen LogP contribution >= 0.6 is 0 Å². The molecular formula is C13H19N3O4. The molecule has 2 rings (SSSR count). The molecule has 1 heterocycles. The second-order valence-corrected chi connectivity index (χ2v) is 5.97. The van der Waals surface area contributed by atoms with Crippen LogP contribution in [-0.4, -0.2) is 34.2 Å². The highest BCUT2D eigenvalue weighted by molar-refractivity contribution is 6.20. The lowest BCUT2D eigenvalue weighted by atomic mass is 9.70. The van der Waals surface area contributed by atoms with Crippen molar-refractivity contribution in [3.05, 3.63) is 0 Å². The molecule has 20 heavy (non-hydrogen) atoms. The molecule has 1 spiro atoms. The highest BCUT2D eigenvalue weighted by Crippen LogP contribution is 2.41. The number of hydrogen-bond acceptors (Lipinski definition) is 4. The molecule has 0 aromatic rings. The van der Waals surface area contributed by atoms with E-state index in [1.165, 1.54) is 13.8 Å². The number of amides is 5. The highest BCUT2D eigenvalue weighted by atomic mass is 16.2. The summed E-state index contributed by atoms with van der Waals surface area (Å²) in [6.07, 6.45) is 3.25. The van der Waals surface area contributed by atoms with Gasteiger partial charge in [0.2, 0.25) is 17.7 Å². The predicted molar refractivity (Wildman–Crippen MR) is 69.2 cm³/mol. The van der Waals surface area contributed by atoms with Gasteiger partial charge in [-0.25, -0.2) is 9.69 Å². The lowest BCUT2D eigenvalue weighted by Crippen LogP contribution is -2.71. The van der Waals surface area contributed by atoms with Gasteiger partial charge in [0.15, 0.2) is 0 Å². The maximum absolute atomic E-state index is 12.7. The molecule has 1 aliphatic carbocycles. The summed E-state index contributed by atoms with van der Waals surface area (Å²) >= 11 is 0. The third-order valence-electron chi connectivity index (χ3n) is 4.34. The minimum Gasteiger partial charge on any atom is -0.368 e. The van der Waals surface area contributed by atoms with Gasteiger partial charge < -0.3 is 5.73 Å². The Kier molecular flexibility index (Phi) is 3.31. The van der Waals surface area contributed by atoms with Crippen LogP contribution in [0.15, 0.2) is 0 Å². The van der Waals surface area contributed by atoms with Crippen molar-refractivity contribution < 1.29 is 19.2 Å². The molecule has 0 aromatic carbocycles. The van der Waals surface area contributed by atoms with Crippen molar-refractivity contribution in [2.75, 3.05) is 0 Å². The zero-order chi connectivity index (χ0) is 15.1. The molecule has 0 bridgehead atoms. The van der Waals surface area contributed by atoms with Gasteiger partial charge in [-0.3, -0.25) is 19.7 Å². The number of primary amides is 1. The molecule has 1 aliphatic heterocycles. The molecule has 7 nitrogen and oxygen atoms in total. The zero-order valence-electron chi connectivity index (χ0n) is 11.7. The van der Waals surface area contributed by atoms with Crippen LogP contribution in [0.3, 0.4) is 0 Å². The number of hydrogen-bond donors (Lipinski definition) is 2. The van der Waals surface area contributed by atoms with Gasteiger partial charge in [0.1, 0.15) is 11.0 Å². The number of urea groups is 1. The fourth-order valence-electron chi connectivity index (χ4n) is 2.89. The summed E-state index contributed by atoms with van der Waals surface area (Å²) in [7, 11) is 0. The first kappa shape index (κ1) is 14.5. The Hall–Kier alpha value is -1.92. The van der Waals surface area contributed by atoms with Crippen molar-refractivity contribution in [1.82, 2.24) is 10.2 Å². The van der Waals surface area contributed by atoms with E-state index in [1.807, 2.05) is 0 Å². The van der Waals surface area contributed by atoms with Gasteiger partial charge >= 0.3 is 6.03 Å². The van der Waals surface area contributed by atoms with Crippen LogP contribution in [-0.2, 0) is 14.4 Å². The van der Waals surface area contributed by atoms with Crippen molar-refractivity contribution in [3.8, 4) is 0 Å². The number of carbonyl (C=O) groups excluding carboxylic acids is 4. The molecular weight excluding hydrogens is 262 g/mol. The van der Waals surface area contributed by atoms with Gasteiger partial charge in [0.05, 0.1) is 0 Å². The topological polar surface area (TPSA) is 110 Å².